The number of Topliss-reactive ketones (excluding diaryl/α,β-unsaturated/α-hetero) is 1. The molecule has 0 saturated heterocycles. The number of carbonyl (C=O) groups is 1. The van der Waals surface area contributed by atoms with Gasteiger partial charge in [0.15, 0.2) is 0 Å². The standard InChI is InChI=1S/C17H28O/c18-17-7-5-15-10-13-3-1-2-4-14(9-13)11-16(12-15)6-8-17/h13-16H,1-12H2/t13-,14+,15-,16-/m0/s1. The van der Waals surface area contributed by atoms with Crippen LogP contribution in [0.15, 0.2) is 0 Å². The number of ketones is 1. The number of rotatable bonds is 0. The Morgan fingerprint density at radius 1 is 0.611 bits per heavy atom. The number of fused-ring (bicyclic) bond motifs is 4. The zero-order chi connectivity index (χ0) is 12.4. The van der Waals surface area contributed by atoms with Gasteiger partial charge in [0.2, 0.25) is 0 Å². The summed E-state index contributed by atoms with van der Waals surface area (Å²) in [4.78, 5) is 11.8. The average molecular weight is 248 g/mol. The summed E-state index contributed by atoms with van der Waals surface area (Å²) in [6.45, 7) is 0. The molecule has 0 amide bonds. The van der Waals surface area contributed by atoms with Gasteiger partial charge in [0.25, 0.3) is 0 Å². The summed E-state index contributed by atoms with van der Waals surface area (Å²) < 4.78 is 0. The topological polar surface area (TPSA) is 17.1 Å². The third kappa shape index (κ3) is 3.16. The first kappa shape index (κ1) is 12.7. The SMILES string of the molecule is O=C1CC[C@H]2C[C@@H]3CCCC[C@@H](C3)C[C@H](CC1)C2. The fraction of sp³-hybridized carbons (Fsp3) is 0.941. The first-order valence-electron chi connectivity index (χ1n) is 8.31. The fourth-order valence-electron chi connectivity index (χ4n) is 4.93. The van der Waals surface area contributed by atoms with Gasteiger partial charge in [-0.25, -0.2) is 0 Å². The molecule has 102 valence electrons. The maximum atomic E-state index is 11.8. The van der Waals surface area contributed by atoms with E-state index in [1.54, 1.807) is 0 Å². The van der Waals surface area contributed by atoms with Crippen LogP contribution in [0.2, 0.25) is 0 Å². The van der Waals surface area contributed by atoms with Crippen molar-refractivity contribution in [3.05, 3.63) is 0 Å². The molecule has 0 spiro atoms. The summed E-state index contributed by atoms with van der Waals surface area (Å²) >= 11 is 0. The van der Waals surface area contributed by atoms with E-state index in [-0.39, 0.29) is 0 Å². The lowest BCUT2D eigenvalue weighted by Crippen LogP contribution is -2.24. The number of hydrogen-bond acceptors (Lipinski definition) is 1. The van der Waals surface area contributed by atoms with Crippen molar-refractivity contribution in [2.45, 2.75) is 77.0 Å². The van der Waals surface area contributed by atoms with E-state index >= 15 is 0 Å². The van der Waals surface area contributed by atoms with E-state index in [0.717, 1.165) is 36.5 Å². The predicted molar refractivity (Wildman–Crippen MR) is 74.4 cm³/mol. The smallest absolute Gasteiger partial charge is 0.132 e. The van der Waals surface area contributed by atoms with Crippen LogP contribution in [-0.2, 0) is 4.79 Å². The molecule has 0 N–H and O–H groups in total. The molecule has 3 saturated carbocycles. The first-order valence-corrected chi connectivity index (χ1v) is 8.31. The zero-order valence-electron chi connectivity index (χ0n) is 11.7. The first-order chi connectivity index (χ1) is 8.79. The maximum absolute atomic E-state index is 11.8. The van der Waals surface area contributed by atoms with Crippen molar-refractivity contribution < 1.29 is 4.79 Å². The van der Waals surface area contributed by atoms with Gasteiger partial charge in [-0.15, -0.1) is 0 Å². The van der Waals surface area contributed by atoms with Crippen LogP contribution in [0.1, 0.15) is 77.0 Å². The van der Waals surface area contributed by atoms with Crippen LogP contribution in [0.5, 0.6) is 0 Å². The Labute approximate surface area is 112 Å². The van der Waals surface area contributed by atoms with Gasteiger partial charge in [-0.05, 0) is 62.2 Å². The molecule has 3 aliphatic rings. The van der Waals surface area contributed by atoms with Crippen molar-refractivity contribution in [3.63, 3.8) is 0 Å². The summed E-state index contributed by atoms with van der Waals surface area (Å²) in [7, 11) is 0. The maximum Gasteiger partial charge on any atom is 0.132 e. The Kier molecular flexibility index (Phi) is 4.06. The van der Waals surface area contributed by atoms with Gasteiger partial charge in [0, 0.05) is 12.8 Å². The van der Waals surface area contributed by atoms with Crippen LogP contribution < -0.4 is 0 Å². The summed E-state index contributed by atoms with van der Waals surface area (Å²) in [5, 5.41) is 0. The normalized spacial score (nSPS) is 42.1. The quantitative estimate of drug-likeness (QED) is 0.605. The third-order valence-corrected chi connectivity index (χ3v) is 5.80. The monoisotopic (exact) mass is 248 g/mol. The van der Waals surface area contributed by atoms with Crippen LogP contribution in [0.25, 0.3) is 0 Å². The molecular formula is C17H28O. The number of carbonyl (C=O) groups excluding carboxylic acids is 1. The lowest BCUT2D eigenvalue weighted by atomic mass is 9.71. The third-order valence-electron chi connectivity index (χ3n) is 5.80. The summed E-state index contributed by atoms with van der Waals surface area (Å²) in [5.74, 6) is 4.30. The van der Waals surface area contributed by atoms with E-state index in [2.05, 4.69) is 0 Å². The summed E-state index contributed by atoms with van der Waals surface area (Å²) in [5.41, 5.74) is 0. The van der Waals surface area contributed by atoms with E-state index in [0.29, 0.717) is 5.78 Å². The minimum atomic E-state index is 0.549. The van der Waals surface area contributed by atoms with Gasteiger partial charge >= 0.3 is 0 Å². The number of hydrogen-bond donors (Lipinski definition) is 0. The van der Waals surface area contributed by atoms with Crippen LogP contribution in [0.4, 0.5) is 0 Å². The second kappa shape index (κ2) is 5.75. The molecule has 1 heteroatoms. The van der Waals surface area contributed by atoms with Crippen LogP contribution in [0.3, 0.4) is 0 Å². The molecule has 0 aromatic carbocycles. The van der Waals surface area contributed by atoms with Gasteiger partial charge in [-0.1, -0.05) is 25.7 Å². The second-order valence-corrected chi connectivity index (χ2v) is 7.31. The van der Waals surface area contributed by atoms with Crippen molar-refractivity contribution in [1.82, 2.24) is 0 Å². The Bertz CT molecular complexity index is 270. The van der Waals surface area contributed by atoms with Crippen molar-refractivity contribution in [1.29, 1.82) is 0 Å². The minimum absolute atomic E-state index is 0.549. The van der Waals surface area contributed by atoms with E-state index in [1.165, 1.54) is 64.2 Å². The van der Waals surface area contributed by atoms with Gasteiger partial charge in [-0.3, -0.25) is 4.79 Å². The van der Waals surface area contributed by atoms with E-state index in [1.807, 2.05) is 0 Å². The highest BCUT2D eigenvalue weighted by atomic mass is 16.1. The molecule has 3 aliphatic carbocycles. The van der Waals surface area contributed by atoms with Crippen molar-refractivity contribution >= 4 is 5.78 Å². The molecule has 18 heavy (non-hydrogen) atoms. The molecule has 0 radical (unpaired) electrons. The van der Waals surface area contributed by atoms with Crippen LogP contribution in [0, 0.1) is 23.7 Å². The van der Waals surface area contributed by atoms with Crippen molar-refractivity contribution in [2.75, 3.05) is 0 Å². The fourth-order valence-corrected chi connectivity index (χ4v) is 4.93. The van der Waals surface area contributed by atoms with Crippen molar-refractivity contribution in [3.8, 4) is 0 Å². The summed E-state index contributed by atoms with van der Waals surface area (Å²) in [6, 6.07) is 0. The van der Waals surface area contributed by atoms with Crippen molar-refractivity contribution in [2.24, 2.45) is 23.7 Å². The van der Waals surface area contributed by atoms with E-state index < -0.39 is 0 Å². The summed E-state index contributed by atoms with van der Waals surface area (Å²) in [6.07, 6.45) is 15.9. The average Bonchev–Trinajstić information content (AvgIpc) is 2.55. The van der Waals surface area contributed by atoms with Crippen LogP contribution in [-0.4, -0.2) is 5.78 Å². The molecule has 0 aliphatic heterocycles. The largest absolute Gasteiger partial charge is 0.300 e. The highest BCUT2D eigenvalue weighted by Gasteiger charge is 2.31. The zero-order valence-corrected chi connectivity index (χ0v) is 11.7. The van der Waals surface area contributed by atoms with E-state index in [9.17, 15) is 4.79 Å². The lowest BCUT2D eigenvalue weighted by Gasteiger charge is -2.34. The van der Waals surface area contributed by atoms with Gasteiger partial charge in [0.1, 0.15) is 5.78 Å². The minimum Gasteiger partial charge on any atom is -0.300 e. The predicted octanol–water partition coefficient (Wildman–Crippen LogP) is 4.74. The highest BCUT2D eigenvalue weighted by molar-refractivity contribution is 5.78. The molecule has 0 unspecified atom stereocenters. The molecule has 0 aromatic rings. The highest BCUT2D eigenvalue weighted by Crippen LogP contribution is 2.43. The molecule has 3 fully saturated rings. The molecule has 0 heterocycles. The molecular weight excluding hydrogens is 220 g/mol. The lowest BCUT2D eigenvalue weighted by molar-refractivity contribution is -0.120. The molecule has 4 bridgehead atoms. The Hall–Kier alpha value is -0.330. The van der Waals surface area contributed by atoms with Crippen LogP contribution >= 0.6 is 0 Å². The Morgan fingerprint density at radius 2 is 1.00 bits per heavy atom. The van der Waals surface area contributed by atoms with Gasteiger partial charge in [0.05, 0.1) is 0 Å². The van der Waals surface area contributed by atoms with Gasteiger partial charge < -0.3 is 0 Å². The molecule has 1 nitrogen and oxygen atoms in total. The second-order valence-electron chi connectivity index (χ2n) is 7.31. The molecule has 4 atom stereocenters. The molecule has 0 aromatic heterocycles. The molecule has 3 rings (SSSR count). The Morgan fingerprint density at radius 3 is 1.44 bits per heavy atom. The Balaban J connectivity index is 1.73. The van der Waals surface area contributed by atoms with E-state index in [4.69, 9.17) is 0 Å². The van der Waals surface area contributed by atoms with Gasteiger partial charge in [-0.2, -0.15) is 0 Å².